The first-order valence-corrected chi connectivity index (χ1v) is 4.35. The van der Waals surface area contributed by atoms with Crippen molar-refractivity contribution in [3.8, 4) is 0 Å². The van der Waals surface area contributed by atoms with Gasteiger partial charge >= 0.3 is 0 Å². The molecular weight excluding hydrogens is 138 g/mol. The summed E-state index contributed by atoms with van der Waals surface area (Å²) in [5, 5.41) is 2.93. The van der Waals surface area contributed by atoms with Crippen LogP contribution in [0.3, 0.4) is 0 Å². The van der Waals surface area contributed by atoms with Gasteiger partial charge in [0.05, 0.1) is 0 Å². The predicted octanol–water partition coefficient (Wildman–Crippen LogP) is 1.85. The van der Waals surface area contributed by atoms with Crippen LogP contribution in [0.2, 0.25) is 0 Å². The van der Waals surface area contributed by atoms with E-state index in [9.17, 15) is 4.79 Å². The summed E-state index contributed by atoms with van der Waals surface area (Å²) in [6, 6.07) is 0. The zero-order chi connectivity index (χ0) is 9.28. The monoisotopic (exact) mass is 159 g/mol. The van der Waals surface area contributed by atoms with Gasteiger partial charge in [0.2, 0.25) is 0 Å². The van der Waals surface area contributed by atoms with Gasteiger partial charge in [0.1, 0.15) is 5.78 Å². The van der Waals surface area contributed by atoms with Crippen LogP contribution in [-0.2, 0) is 4.79 Å². The molecule has 0 aliphatic rings. The fourth-order valence-electron chi connectivity index (χ4n) is 0.537. The summed E-state index contributed by atoms with van der Waals surface area (Å²) in [4.78, 5) is 10.9. The maximum absolute atomic E-state index is 10.9. The van der Waals surface area contributed by atoms with Crippen molar-refractivity contribution in [3.63, 3.8) is 0 Å². The maximum Gasteiger partial charge on any atom is 0.136 e. The molecule has 2 nitrogen and oxygen atoms in total. The van der Waals surface area contributed by atoms with Gasteiger partial charge in [-0.25, -0.2) is 0 Å². The molecule has 0 aromatic heterocycles. The van der Waals surface area contributed by atoms with Gasteiger partial charge in [-0.2, -0.15) is 0 Å². The molecule has 0 saturated heterocycles. The molecule has 2 heteroatoms. The Bertz CT molecular complexity index is 89.6. The normalized spacial score (nSPS) is 8.91. The summed E-state index contributed by atoms with van der Waals surface area (Å²) in [6.45, 7) is 8.66. The summed E-state index contributed by atoms with van der Waals surface area (Å²) >= 11 is 0. The first-order chi connectivity index (χ1) is 5.18. The highest BCUT2D eigenvalue weighted by atomic mass is 16.1. The van der Waals surface area contributed by atoms with Crippen LogP contribution in [0.15, 0.2) is 0 Å². The van der Waals surface area contributed by atoms with Crippen molar-refractivity contribution in [2.75, 3.05) is 13.6 Å². The molecule has 0 aliphatic carbocycles. The molecule has 0 atom stereocenters. The number of nitrogens with one attached hydrogen (secondary N) is 1. The van der Waals surface area contributed by atoms with Gasteiger partial charge in [-0.3, -0.25) is 4.79 Å². The fourth-order valence-corrected chi connectivity index (χ4v) is 0.537. The third-order valence-corrected chi connectivity index (χ3v) is 1.27. The smallest absolute Gasteiger partial charge is 0.136 e. The molecule has 0 heterocycles. The van der Waals surface area contributed by atoms with E-state index in [-0.39, 0.29) is 5.92 Å². The Morgan fingerprint density at radius 2 is 1.82 bits per heavy atom. The lowest BCUT2D eigenvalue weighted by Crippen LogP contribution is -2.16. The second-order valence-corrected chi connectivity index (χ2v) is 2.47. The molecule has 11 heavy (non-hydrogen) atoms. The van der Waals surface area contributed by atoms with Gasteiger partial charge < -0.3 is 5.32 Å². The number of Topliss-reactive ketones (excluding diaryl/α,β-unsaturated/α-hetero) is 1. The molecule has 0 amide bonds. The standard InChI is InChI=1S/C7H15NO.C2H6/c1-6(2)7(9)4-5-8-3;1-2/h6,8H,4-5H2,1-3H3;1-2H3. The molecule has 0 saturated carbocycles. The van der Waals surface area contributed by atoms with Gasteiger partial charge in [0.25, 0.3) is 0 Å². The molecule has 0 aromatic carbocycles. The molecule has 1 N–H and O–H groups in total. The zero-order valence-corrected chi connectivity index (χ0v) is 8.40. The first-order valence-electron chi connectivity index (χ1n) is 4.35. The minimum atomic E-state index is 0.193. The maximum atomic E-state index is 10.9. The van der Waals surface area contributed by atoms with Crippen LogP contribution in [0.25, 0.3) is 0 Å². The van der Waals surface area contributed by atoms with Crippen LogP contribution in [0.1, 0.15) is 34.1 Å². The molecule has 0 rings (SSSR count). The molecule has 0 spiro atoms. The van der Waals surface area contributed by atoms with Gasteiger partial charge in [-0.15, -0.1) is 0 Å². The van der Waals surface area contributed by atoms with E-state index in [4.69, 9.17) is 0 Å². The molecule has 68 valence electrons. The van der Waals surface area contributed by atoms with E-state index in [0.717, 1.165) is 6.54 Å². The van der Waals surface area contributed by atoms with Crippen molar-refractivity contribution < 1.29 is 4.79 Å². The average Bonchev–Trinajstić information content (AvgIpc) is 2.03. The third-order valence-electron chi connectivity index (χ3n) is 1.27. The van der Waals surface area contributed by atoms with Crippen LogP contribution in [-0.4, -0.2) is 19.4 Å². The van der Waals surface area contributed by atoms with Crippen molar-refractivity contribution in [1.29, 1.82) is 0 Å². The first kappa shape index (κ1) is 13.2. The lowest BCUT2D eigenvalue weighted by molar-refractivity contribution is -0.121. The molecule has 0 aromatic rings. The summed E-state index contributed by atoms with van der Waals surface area (Å²) < 4.78 is 0. The summed E-state index contributed by atoms with van der Waals surface area (Å²) in [5.74, 6) is 0.530. The minimum absolute atomic E-state index is 0.193. The highest BCUT2D eigenvalue weighted by Gasteiger charge is 2.04. The Hall–Kier alpha value is -0.370. The summed E-state index contributed by atoms with van der Waals surface area (Å²) in [6.07, 6.45) is 0.661. The van der Waals surface area contributed by atoms with Gasteiger partial charge in [-0.05, 0) is 7.05 Å². The van der Waals surface area contributed by atoms with Gasteiger partial charge in [0.15, 0.2) is 0 Å². The Morgan fingerprint density at radius 3 is 2.09 bits per heavy atom. The Balaban J connectivity index is 0. The Morgan fingerprint density at radius 1 is 1.36 bits per heavy atom. The van der Waals surface area contributed by atoms with Crippen LogP contribution < -0.4 is 5.32 Å². The predicted molar refractivity (Wildman–Crippen MR) is 49.7 cm³/mol. The molecule has 0 aliphatic heterocycles. The highest BCUT2D eigenvalue weighted by Crippen LogP contribution is 1.96. The van der Waals surface area contributed by atoms with Crippen molar-refractivity contribution in [2.45, 2.75) is 34.1 Å². The molecular formula is C9H21NO. The zero-order valence-electron chi connectivity index (χ0n) is 8.40. The largest absolute Gasteiger partial charge is 0.319 e. The van der Waals surface area contributed by atoms with Crippen molar-refractivity contribution in [1.82, 2.24) is 5.32 Å². The van der Waals surface area contributed by atoms with E-state index in [1.54, 1.807) is 0 Å². The second-order valence-electron chi connectivity index (χ2n) is 2.47. The molecule has 0 bridgehead atoms. The Labute approximate surface area is 70.4 Å². The number of rotatable bonds is 4. The SMILES string of the molecule is CC.CNCCC(=O)C(C)C. The van der Waals surface area contributed by atoms with Crippen molar-refractivity contribution >= 4 is 5.78 Å². The lowest BCUT2D eigenvalue weighted by atomic mass is 10.1. The van der Waals surface area contributed by atoms with E-state index in [2.05, 4.69) is 5.32 Å². The third kappa shape index (κ3) is 9.63. The van der Waals surface area contributed by atoms with E-state index >= 15 is 0 Å². The topological polar surface area (TPSA) is 29.1 Å². The number of ketones is 1. The van der Waals surface area contributed by atoms with Gasteiger partial charge in [-0.1, -0.05) is 27.7 Å². The quantitative estimate of drug-likeness (QED) is 0.678. The molecule has 0 fully saturated rings. The van der Waals surface area contributed by atoms with Gasteiger partial charge in [0, 0.05) is 18.9 Å². The Kier molecular flexibility index (Phi) is 11.6. The van der Waals surface area contributed by atoms with Crippen molar-refractivity contribution in [2.24, 2.45) is 5.92 Å². The van der Waals surface area contributed by atoms with E-state index < -0.39 is 0 Å². The highest BCUT2D eigenvalue weighted by molar-refractivity contribution is 5.80. The fraction of sp³-hybridized carbons (Fsp3) is 0.889. The van der Waals surface area contributed by atoms with E-state index in [1.165, 1.54) is 0 Å². The molecule has 0 unspecified atom stereocenters. The number of hydrogen-bond donors (Lipinski definition) is 1. The van der Waals surface area contributed by atoms with Crippen LogP contribution >= 0.6 is 0 Å². The second kappa shape index (κ2) is 9.63. The van der Waals surface area contributed by atoms with E-state index in [0.29, 0.717) is 12.2 Å². The number of carbonyl (C=O) groups is 1. The number of hydrogen-bond acceptors (Lipinski definition) is 2. The summed E-state index contributed by atoms with van der Waals surface area (Å²) in [7, 11) is 1.85. The van der Waals surface area contributed by atoms with Crippen LogP contribution in [0.4, 0.5) is 0 Å². The minimum Gasteiger partial charge on any atom is -0.319 e. The number of carbonyl (C=O) groups excluding carboxylic acids is 1. The molecule has 0 radical (unpaired) electrons. The average molecular weight is 159 g/mol. The van der Waals surface area contributed by atoms with E-state index in [1.807, 2.05) is 34.7 Å². The van der Waals surface area contributed by atoms with Crippen molar-refractivity contribution in [3.05, 3.63) is 0 Å². The summed E-state index contributed by atoms with van der Waals surface area (Å²) in [5.41, 5.74) is 0. The van der Waals surface area contributed by atoms with Crippen LogP contribution in [0.5, 0.6) is 0 Å². The lowest BCUT2D eigenvalue weighted by Gasteiger charge is -2.01. The van der Waals surface area contributed by atoms with Crippen LogP contribution in [0, 0.1) is 5.92 Å².